The number of hydrogen-bond donors (Lipinski definition) is 1. The molecule has 1 aliphatic carbocycles. The molecule has 0 aliphatic heterocycles. The fourth-order valence-corrected chi connectivity index (χ4v) is 4.67. The zero-order chi connectivity index (χ0) is 24.8. The van der Waals surface area contributed by atoms with Gasteiger partial charge in [0, 0.05) is 23.5 Å². The molecule has 5 heteroatoms. The predicted molar refractivity (Wildman–Crippen MR) is 140 cm³/mol. The van der Waals surface area contributed by atoms with Crippen LogP contribution in [0.4, 0.5) is 5.69 Å². The van der Waals surface area contributed by atoms with E-state index in [1.165, 1.54) is 6.42 Å². The van der Waals surface area contributed by atoms with Gasteiger partial charge in [-0.3, -0.25) is 19.5 Å². The molecule has 5 nitrogen and oxygen atoms in total. The summed E-state index contributed by atoms with van der Waals surface area (Å²) in [6.45, 7) is 6.47. The van der Waals surface area contributed by atoms with Crippen LogP contribution in [0.3, 0.4) is 0 Å². The Morgan fingerprint density at radius 1 is 0.886 bits per heavy atom. The van der Waals surface area contributed by atoms with Crippen LogP contribution in [0.2, 0.25) is 0 Å². The third-order valence-electron chi connectivity index (χ3n) is 6.68. The van der Waals surface area contributed by atoms with Crippen molar-refractivity contribution in [1.82, 2.24) is 10.3 Å². The van der Waals surface area contributed by atoms with Crippen LogP contribution in [0.15, 0.2) is 79.0 Å². The monoisotopic (exact) mass is 469 g/mol. The summed E-state index contributed by atoms with van der Waals surface area (Å²) in [4.78, 5) is 33.9. The normalized spacial score (nSPS) is 15.3. The number of carbonyl (C=O) groups is 2. The van der Waals surface area contributed by atoms with Crippen LogP contribution in [-0.2, 0) is 10.2 Å². The number of anilines is 1. The van der Waals surface area contributed by atoms with Crippen molar-refractivity contribution in [2.24, 2.45) is 0 Å². The Bertz CT molecular complexity index is 1120. The minimum Gasteiger partial charge on any atom is -0.351 e. The zero-order valence-electron chi connectivity index (χ0n) is 20.9. The second kappa shape index (κ2) is 10.9. The number of aromatic nitrogens is 1. The number of hydrogen-bond acceptors (Lipinski definition) is 3. The maximum atomic E-state index is 14.0. The highest BCUT2D eigenvalue weighted by atomic mass is 16.2. The van der Waals surface area contributed by atoms with Gasteiger partial charge in [0.15, 0.2) is 6.04 Å². The standard InChI is InChI=1S/C30H35N3O2/c1-30(2,3)23-17-19-25(20-18-23)33(29(35)22-12-6-4-7-13-22)27(26-16-10-11-21-31-26)28(34)32-24-14-8-5-9-15-24/h4,6-7,10-13,16-21,24,27H,5,8-9,14-15H2,1-3H3,(H,32,34). The van der Waals surface area contributed by atoms with Gasteiger partial charge in [-0.15, -0.1) is 0 Å². The first-order chi connectivity index (χ1) is 16.8. The number of nitrogens with zero attached hydrogens (tertiary/aromatic N) is 2. The van der Waals surface area contributed by atoms with E-state index in [4.69, 9.17) is 0 Å². The second-order valence-corrected chi connectivity index (χ2v) is 10.3. The molecular formula is C30H35N3O2. The minimum atomic E-state index is -0.883. The van der Waals surface area contributed by atoms with Gasteiger partial charge >= 0.3 is 0 Å². The number of amides is 2. The van der Waals surface area contributed by atoms with Crippen molar-refractivity contribution in [3.63, 3.8) is 0 Å². The number of nitrogens with one attached hydrogen (secondary N) is 1. The van der Waals surface area contributed by atoms with Crippen LogP contribution in [-0.4, -0.2) is 22.8 Å². The Morgan fingerprint density at radius 3 is 2.14 bits per heavy atom. The molecule has 1 saturated carbocycles. The Morgan fingerprint density at radius 2 is 1.54 bits per heavy atom. The summed E-state index contributed by atoms with van der Waals surface area (Å²) in [6.07, 6.45) is 7.03. The van der Waals surface area contributed by atoms with Crippen LogP contribution < -0.4 is 10.2 Å². The molecule has 0 bridgehead atoms. The molecule has 0 radical (unpaired) electrons. The molecule has 1 N–H and O–H groups in total. The minimum absolute atomic E-state index is 0.0223. The molecule has 1 unspecified atom stereocenters. The molecule has 0 spiro atoms. The second-order valence-electron chi connectivity index (χ2n) is 10.3. The highest BCUT2D eigenvalue weighted by Crippen LogP contribution is 2.32. The molecule has 2 amide bonds. The molecule has 1 aromatic heterocycles. The molecule has 1 fully saturated rings. The summed E-state index contributed by atoms with van der Waals surface area (Å²) in [5, 5.41) is 3.24. The summed E-state index contributed by atoms with van der Waals surface area (Å²) in [6, 6.07) is 21.8. The first-order valence-corrected chi connectivity index (χ1v) is 12.5. The van der Waals surface area contributed by atoms with Crippen LogP contribution in [0.1, 0.15) is 80.5 Å². The molecule has 3 aromatic rings. The molecule has 0 saturated heterocycles. The van der Waals surface area contributed by atoms with Gasteiger partial charge in [-0.25, -0.2) is 0 Å². The van der Waals surface area contributed by atoms with Crippen LogP contribution in [0.5, 0.6) is 0 Å². The van der Waals surface area contributed by atoms with E-state index in [1.54, 1.807) is 23.2 Å². The van der Waals surface area contributed by atoms with E-state index in [1.807, 2.05) is 60.7 Å². The van der Waals surface area contributed by atoms with E-state index < -0.39 is 6.04 Å². The van der Waals surface area contributed by atoms with E-state index in [0.29, 0.717) is 16.9 Å². The molecule has 2 aromatic carbocycles. The molecule has 35 heavy (non-hydrogen) atoms. The van der Waals surface area contributed by atoms with Gasteiger partial charge in [-0.1, -0.05) is 76.4 Å². The zero-order valence-corrected chi connectivity index (χ0v) is 20.9. The fraction of sp³-hybridized carbons (Fsp3) is 0.367. The Labute approximate surface area is 208 Å². The van der Waals surface area contributed by atoms with Gasteiger partial charge in [-0.05, 0) is 60.2 Å². The lowest BCUT2D eigenvalue weighted by atomic mass is 9.87. The summed E-state index contributed by atoms with van der Waals surface area (Å²) < 4.78 is 0. The Kier molecular flexibility index (Phi) is 7.64. The summed E-state index contributed by atoms with van der Waals surface area (Å²) >= 11 is 0. The van der Waals surface area contributed by atoms with Gasteiger partial charge in [0.05, 0.1) is 5.69 Å². The quantitative estimate of drug-likeness (QED) is 0.466. The maximum Gasteiger partial charge on any atom is 0.259 e. The highest BCUT2D eigenvalue weighted by molar-refractivity contribution is 6.10. The number of benzene rings is 2. The van der Waals surface area contributed by atoms with Gasteiger partial charge in [0.1, 0.15) is 0 Å². The Balaban J connectivity index is 1.79. The molecule has 1 heterocycles. The topological polar surface area (TPSA) is 62.3 Å². The van der Waals surface area contributed by atoms with Crippen molar-refractivity contribution in [3.05, 3.63) is 95.8 Å². The van der Waals surface area contributed by atoms with Crippen molar-refractivity contribution in [2.75, 3.05) is 4.90 Å². The van der Waals surface area contributed by atoms with Crippen molar-refractivity contribution >= 4 is 17.5 Å². The van der Waals surface area contributed by atoms with Crippen molar-refractivity contribution in [2.45, 2.75) is 70.4 Å². The molecule has 1 atom stereocenters. The lowest BCUT2D eigenvalue weighted by molar-refractivity contribution is -0.123. The van der Waals surface area contributed by atoms with E-state index >= 15 is 0 Å². The SMILES string of the molecule is CC(C)(C)c1ccc(N(C(=O)c2ccccc2)C(C(=O)NC2CCCCC2)c2ccccn2)cc1. The predicted octanol–water partition coefficient (Wildman–Crippen LogP) is 6.22. The highest BCUT2D eigenvalue weighted by Gasteiger charge is 2.35. The first kappa shape index (κ1) is 24.6. The average Bonchev–Trinajstić information content (AvgIpc) is 2.88. The van der Waals surface area contributed by atoms with Gasteiger partial charge < -0.3 is 5.32 Å². The van der Waals surface area contributed by atoms with Crippen molar-refractivity contribution < 1.29 is 9.59 Å². The fourth-order valence-electron chi connectivity index (χ4n) is 4.67. The summed E-state index contributed by atoms with van der Waals surface area (Å²) in [5.41, 5.74) is 2.88. The Hall–Kier alpha value is -3.47. The first-order valence-electron chi connectivity index (χ1n) is 12.5. The molecule has 182 valence electrons. The molecule has 1 aliphatic rings. The lowest BCUT2D eigenvalue weighted by Crippen LogP contribution is -2.47. The number of carbonyl (C=O) groups excluding carboxylic acids is 2. The third kappa shape index (κ3) is 5.97. The van der Waals surface area contributed by atoms with E-state index in [-0.39, 0.29) is 23.3 Å². The smallest absolute Gasteiger partial charge is 0.259 e. The van der Waals surface area contributed by atoms with Crippen molar-refractivity contribution in [1.29, 1.82) is 0 Å². The largest absolute Gasteiger partial charge is 0.351 e. The van der Waals surface area contributed by atoms with Gasteiger partial charge in [-0.2, -0.15) is 0 Å². The summed E-state index contributed by atoms with van der Waals surface area (Å²) in [7, 11) is 0. The van der Waals surface area contributed by atoms with E-state index in [9.17, 15) is 9.59 Å². The maximum absolute atomic E-state index is 14.0. The van der Waals surface area contributed by atoms with Crippen LogP contribution in [0.25, 0.3) is 0 Å². The molecular weight excluding hydrogens is 434 g/mol. The van der Waals surface area contributed by atoms with Crippen LogP contribution >= 0.6 is 0 Å². The van der Waals surface area contributed by atoms with E-state index in [2.05, 4.69) is 31.1 Å². The van der Waals surface area contributed by atoms with Crippen molar-refractivity contribution in [3.8, 4) is 0 Å². The van der Waals surface area contributed by atoms with Crippen LogP contribution in [0, 0.1) is 0 Å². The third-order valence-corrected chi connectivity index (χ3v) is 6.68. The number of pyridine rings is 1. The summed E-state index contributed by atoms with van der Waals surface area (Å²) in [5.74, 6) is -0.427. The lowest BCUT2D eigenvalue weighted by Gasteiger charge is -2.33. The average molecular weight is 470 g/mol. The van der Waals surface area contributed by atoms with E-state index in [0.717, 1.165) is 31.2 Å². The number of rotatable bonds is 6. The van der Waals surface area contributed by atoms with Gasteiger partial charge in [0.2, 0.25) is 5.91 Å². The van der Waals surface area contributed by atoms with Gasteiger partial charge in [0.25, 0.3) is 5.91 Å². The molecule has 4 rings (SSSR count).